The Morgan fingerprint density at radius 3 is 2.27 bits per heavy atom. The normalized spacial score (nSPS) is 11.8. The fourth-order valence-corrected chi connectivity index (χ4v) is 4.89. The van der Waals surface area contributed by atoms with Crippen LogP contribution in [-0.4, -0.2) is 14.5 Å². The van der Waals surface area contributed by atoms with Gasteiger partial charge in [-0.05, 0) is 37.3 Å². The Bertz CT molecular complexity index is 1830. The van der Waals surface area contributed by atoms with E-state index in [0.29, 0.717) is 11.5 Å². The topological polar surface area (TPSA) is 43.9 Å². The van der Waals surface area contributed by atoms with Crippen molar-refractivity contribution < 1.29 is 4.42 Å². The number of hydrogen-bond acceptors (Lipinski definition) is 3. The van der Waals surface area contributed by atoms with Crippen LogP contribution in [-0.2, 0) is 0 Å². The van der Waals surface area contributed by atoms with Gasteiger partial charge in [0.1, 0.15) is 5.58 Å². The molecule has 4 heteroatoms. The number of para-hydroxylation sites is 3. The van der Waals surface area contributed by atoms with Crippen molar-refractivity contribution in [3.63, 3.8) is 0 Å². The van der Waals surface area contributed by atoms with Gasteiger partial charge in [-0.1, -0.05) is 66.7 Å². The van der Waals surface area contributed by atoms with E-state index in [1.165, 1.54) is 16.3 Å². The lowest BCUT2D eigenvalue weighted by atomic mass is 10.1. The second-order valence-corrected chi connectivity index (χ2v) is 8.33. The number of furan rings is 1. The van der Waals surface area contributed by atoms with Crippen LogP contribution in [0.2, 0.25) is 0 Å². The van der Waals surface area contributed by atoms with E-state index in [1.807, 2.05) is 31.2 Å². The van der Waals surface area contributed by atoms with E-state index in [2.05, 4.69) is 77.4 Å². The summed E-state index contributed by atoms with van der Waals surface area (Å²) in [7, 11) is 0. The van der Waals surface area contributed by atoms with E-state index in [1.54, 1.807) is 0 Å². The summed E-state index contributed by atoms with van der Waals surface area (Å²) in [6.07, 6.45) is 0. The van der Waals surface area contributed by atoms with E-state index in [9.17, 15) is 0 Å². The van der Waals surface area contributed by atoms with Gasteiger partial charge in [-0.25, -0.2) is 4.98 Å². The molecule has 7 rings (SSSR count). The Kier molecular flexibility index (Phi) is 3.73. The third-order valence-corrected chi connectivity index (χ3v) is 6.37. The van der Waals surface area contributed by atoms with Crippen LogP contribution in [0.4, 0.5) is 0 Å². The molecule has 0 fully saturated rings. The van der Waals surface area contributed by atoms with Crippen LogP contribution < -0.4 is 0 Å². The minimum atomic E-state index is 0.627. The fourth-order valence-electron chi connectivity index (χ4n) is 4.89. The van der Waals surface area contributed by atoms with E-state index in [4.69, 9.17) is 14.4 Å². The highest BCUT2D eigenvalue weighted by molar-refractivity contribution is 6.10. The lowest BCUT2D eigenvalue weighted by molar-refractivity contribution is 0.653. The maximum Gasteiger partial charge on any atom is 0.231 e. The average Bonchev–Trinajstić information content (AvgIpc) is 3.40. The van der Waals surface area contributed by atoms with E-state index < -0.39 is 0 Å². The lowest BCUT2D eigenvalue weighted by Gasteiger charge is -2.08. The molecule has 0 amide bonds. The van der Waals surface area contributed by atoms with Crippen molar-refractivity contribution in [2.45, 2.75) is 6.92 Å². The predicted octanol–water partition coefficient (Wildman–Crippen LogP) is 7.45. The highest BCUT2D eigenvalue weighted by Gasteiger charge is 2.17. The summed E-state index contributed by atoms with van der Waals surface area (Å²) in [5.74, 6) is 0.672. The molecule has 0 radical (unpaired) electrons. The molecule has 33 heavy (non-hydrogen) atoms. The molecule has 0 spiro atoms. The van der Waals surface area contributed by atoms with Gasteiger partial charge in [0, 0.05) is 27.4 Å². The zero-order valence-electron chi connectivity index (χ0n) is 18.0. The van der Waals surface area contributed by atoms with Gasteiger partial charge >= 0.3 is 0 Å². The Morgan fingerprint density at radius 1 is 0.667 bits per heavy atom. The van der Waals surface area contributed by atoms with Crippen LogP contribution in [0.25, 0.3) is 61.0 Å². The first-order valence-corrected chi connectivity index (χ1v) is 11.0. The summed E-state index contributed by atoms with van der Waals surface area (Å²) < 4.78 is 8.37. The van der Waals surface area contributed by atoms with Crippen molar-refractivity contribution in [2.75, 3.05) is 0 Å². The summed E-state index contributed by atoms with van der Waals surface area (Å²) in [6, 6.07) is 33.5. The first-order chi connectivity index (χ1) is 16.3. The van der Waals surface area contributed by atoms with E-state index in [-0.39, 0.29) is 0 Å². The summed E-state index contributed by atoms with van der Waals surface area (Å²) in [4.78, 5) is 9.70. The Balaban J connectivity index is 1.51. The van der Waals surface area contributed by atoms with Gasteiger partial charge in [0.15, 0.2) is 5.82 Å². The van der Waals surface area contributed by atoms with Gasteiger partial charge in [-0.2, -0.15) is 4.98 Å². The number of benzene rings is 4. The molecular weight excluding hydrogens is 406 g/mol. The van der Waals surface area contributed by atoms with Crippen LogP contribution >= 0.6 is 0 Å². The second kappa shape index (κ2) is 6.78. The molecule has 0 aliphatic rings. The minimum Gasteiger partial charge on any atom is -0.438 e. The standard InChI is InChI=1S/C29H19N3O/c1-18-27-23-12-6-8-14-26(23)33-29(27)31-28(30-18)19-15-16-22-21-11-5-7-13-24(21)32(25(22)17-19)20-9-3-2-4-10-20/h2-17H,1H3. The quantitative estimate of drug-likeness (QED) is 0.289. The molecule has 0 unspecified atom stereocenters. The molecule has 3 heterocycles. The van der Waals surface area contributed by atoms with Crippen LogP contribution in [0.1, 0.15) is 5.69 Å². The molecule has 0 N–H and O–H groups in total. The van der Waals surface area contributed by atoms with Crippen LogP contribution in [0.3, 0.4) is 0 Å². The summed E-state index contributed by atoms with van der Waals surface area (Å²) in [6.45, 7) is 2.02. The van der Waals surface area contributed by atoms with Gasteiger partial charge < -0.3 is 8.98 Å². The molecular formula is C29H19N3O. The zero-order valence-corrected chi connectivity index (χ0v) is 18.0. The molecule has 0 saturated heterocycles. The number of fused-ring (bicyclic) bond motifs is 6. The van der Waals surface area contributed by atoms with Gasteiger partial charge in [0.25, 0.3) is 0 Å². The molecule has 4 aromatic carbocycles. The Hall–Kier alpha value is -4.44. The lowest BCUT2D eigenvalue weighted by Crippen LogP contribution is -1.95. The number of nitrogens with zero attached hydrogens (tertiary/aromatic N) is 3. The number of rotatable bonds is 2. The second-order valence-electron chi connectivity index (χ2n) is 8.33. The maximum atomic E-state index is 6.07. The van der Waals surface area contributed by atoms with Gasteiger partial charge in [0.05, 0.1) is 22.1 Å². The minimum absolute atomic E-state index is 0.627. The van der Waals surface area contributed by atoms with Crippen molar-refractivity contribution in [3.8, 4) is 17.1 Å². The third kappa shape index (κ3) is 2.64. The summed E-state index contributed by atoms with van der Waals surface area (Å²) in [5, 5.41) is 4.47. The monoisotopic (exact) mass is 425 g/mol. The Labute approximate surface area is 189 Å². The first-order valence-electron chi connectivity index (χ1n) is 11.0. The van der Waals surface area contributed by atoms with E-state index >= 15 is 0 Å². The molecule has 3 aromatic heterocycles. The summed E-state index contributed by atoms with van der Waals surface area (Å²) >= 11 is 0. The fraction of sp³-hybridized carbons (Fsp3) is 0.0345. The molecule has 0 atom stereocenters. The zero-order chi connectivity index (χ0) is 21.9. The molecule has 0 aliphatic heterocycles. The number of hydrogen-bond donors (Lipinski definition) is 0. The molecule has 0 saturated carbocycles. The van der Waals surface area contributed by atoms with Crippen LogP contribution in [0, 0.1) is 6.92 Å². The van der Waals surface area contributed by atoms with Gasteiger partial charge in [-0.3, -0.25) is 0 Å². The van der Waals surface area contributed by atoms with Crippen molar-refractivity contribution >= 4 is 43.9 Å². The highest BCUT2D eigenvalue weighted by atomic mass is 16.3. The van der Waals surface area contributed by atoms with Crippen molar-refractivity contribution in [1.82, 2.24) is 14.5 Å². The Morgan fingerprint density at radius 2 is 1.39 bits per heavy atom. The van der Waals surface area contributed by atoms with Crippen LogP contribution in [0.5, 0.6) is 0 Å². The largest absolute Gasteiger partial charge is 0.438 e. The molecule has 4 nitrogen and oxygen atoms in total. The maximum absolute atomic E-state index is 6.07. The van der Waals surface area contributed by atoms with Crippen molar-refractivity contribution in [2.24, 2.45) is 0 Å². The van der Waals surface area contributed by atoms with Crippen molar-refractivity contribution in [1.29, 1.82) is 0 Å². The van der Waals surface area contributed by atoms with Crippen molar-refractivity contribution in [3.05, 3.63) is 103 Å². The van der Waals surface area contributed by atoms with Crippen LogP contribution in [0.15, 0.2) is 101 Å². The van der Waals surface area contributed by atoms with Gasteiger partial charge in [0.2, 0.25) is 5.71 Å². The summed E-state index contributed by atoms with van der Waals surface area (Å²) in [5.41, 5.74) is 6.79. The number of aryl methyl sites for hydroxylation is 1. The third-order valence-electron chi connectivity index (χ3n) is 6.37. The number of aromatic nitrogens is 3. The smallest absolute Gasteiger partial charge is 0.231 e. The SMILES string of the molecule is Cc1nc(-c2ccc3c4ccccc4n(-c4ccccc4)c3c2)nc2oc3ccccc3c12. The van der Waals surface area contributed by atoms with E-state index in [0.717, 1.165) is 38.8 Å². The molecule has 7 aromatic rings. The predicted molar refractivity (Wildman–Crippen MR) is 134 cm³/mol. The molecule has 0 bridgehead atoms. The van der Waals surface area contributed by atoms with Gasteiger partial charge in [-0.15, -0.1) is 0 Å². The molecule has 156 valence electrons. The first kappa shape index (κ1) is 18.2. The average molecular weight is 425 g/mol. The molecule has 0 aliphatic carbocycles. The highest BCUT2D eigenvalue weighted by Crippen LogP contribution is 2.35.